The molecule has 2 saturated heterocycles. The van der Waals surface area contributed by atoms with Crippen molar-refractivity contribution in [1.82, 2.24) is 5.32 Å². The van der Waals surface area contributed by atoms with E-state index in [4.69, 9.17) is 9.47 Å². The van der Waals surface area contributed by atoms with Crippen molar-refractivity contribution in [3.05, 3.63) is 89.7 Å². The number of carbonyl (C=O) groups is 3. The van der Waals surface area contributed by atoms with Crippen molar-refractivity contribution in [1.29, 1.82) is 0 Å². The van der Waals surface area contributed by atoms with Crippen molar-refractivity contribution in [2.75, 3.05) is 19.1 Å². The Morgan fingerprint density at radius 1 is 0.973 bits per heavy atom. The van der Waals surface area contributed by atoms with Crippen LogP contribution >= 0.6 is 0 Å². The predicted molar refractivity (Wildman–Crippen MR) is 132 cm³/mol. The van der Waals surface area contributed by atoms with Crippen molar-refractivity contribution in [3.8, 4) is 11.5 Å². The van der Waals surface area contributed by atoms with E-state index in [2.05, 4.69) is 5.32 Å². The maximum absolute atomic E-state index is 13.9. The lowest BCUT2D eigenvalue weighted by Gasteiger charge is -2.31. The molecular formula is C28H25FN2O6. The molecule has 2 aliphatic rings. The first-order valence-corrected chi connectivity index (χ1v) is 11.7. The molecule has 0 spiro atoms. The highest BCUT2D eigenvalue weighted by atomic mass is 19.1. The van der Waals surface area contributed by atoms with Crippen LogP contribution in [0.25, 0.3) is 0 Å². The van der Waals surface area contributed by atoms with E-state index in [9.17, 15) is 23.9 Å². The maximum atomic E-state index is 13.9. The number of nitrogens with one attached hydrogen (secondary N) is 1. The molecule has 0 radical (unpaired) electrons. The standard InChI is InChI=1S/C28H25FN2O6/c1-36-20-13-8-17(14-21(20)37-2)24-22-23(26(33)31(25(22)32)19-11-9-18(29)10-12-19)28(30-24,27(34)35)15-16-6-4-3-5-7-16/h3-14,22-24,30H,15H2,1-2H3,(H,34,35)/t22-,23-,24-,28-/m0/s1. The molecule has 37 heavy (non-hydrogen) atoms. The van der Waals surface area contributed by atoms with Crippen molar-refractivity contribution in [3.63, 3.8) is 0 Å². The molecule has 2 N–H and O–H groups in total. The summed E-state index contributed by atoms with van der Waals surface area (Å²) in [7, 11) is 2.97. The third-order valence-electron chi connectivity index (χ3n) is 7.21. The number of anilines is 1. The number of rotatable bonds is 7. The van der Waals surface area contributed by atoms with Gasteiger partial charge in [-0.15, -0.1) is 0 Å². The Morgan fingerprint density at radius 3 is 2.27 bits per heavy atom. The minimum absolute atomic E-state index is 0.0234. The van der Waals surface area contributed by atoms with Gasteiger partial charge < -0.3 is 14.6 Å². The van der Waals surface area contributed by atoms with Gasteiger partial charge in [-0.2, -0.15) is 0 Å². The lowest BCUT2D eigenvalue weighted by molar-refractivity contribution is -0.148. The van der Waals surface area contributed by atoms with E-state index in [1.165, 1.54) is 26.4 Å². The Hall–Kier alpha value is -4.24. The van der Waals surface area contributed by atoms with E-state index >= 15 is 0 Å². The van der Waals surface area contributed by atoms with Crippen molar-refractivity contribution < 1.29 is 33.4 Å². The van der Waals surface area contributed by atoms with E-state index < -0.39 is 47.0 Å². The molecule has 2 heterocycles. The maximum Gasteiger partial charge on any atom is 0.325 e. The molecule has 2 fully saturated rings. The first kappa shape index (κ1) is 24.5. The normalized spacial score (nSPS) is 24.7. The van der Waals surface area contributed by atoms with Gasteiger partial charge in [0.1, 0.15) is 11.4 Å². The first-order valence-electron chi connectivity index (χ1n) is 11.7. The molecule has 3 aromatic carbocycles. The van der Waals surface area contributed by atoms with Crippen molar-refractivity contribution in [2.45, 2.75) is 18.0 Å². The van der Waals surface area contributed by atoms with Crippen molar-refractivity contribution >= 4 is 23.5 Å². The van der Waals surface area contributed by atoms with Crippen LogP contribution in [0.5, 0.6) is 11.5 Å². The SMILES string of the molecule is COc1ccc([C@@H]2N[C@](Cc3ccccc3)(C(=O)O)[C@@H]3C(=O)N(c4ccc(F)cc4)C(=O)[C@@H]32)cc1OC. The third kappa shape index (κ3) is 3.92. The summed E-state index contributed by atoms with van der Waals surface area (Å²) in [6.45, 7) is 0. The number of halogens is 1. The lowest BCUT2D eigenvalue weighted by atomic mass is 9.76. The van der Waals surface area contributed by atoms with Gasteiger partial charge in [0.05, 0.1) is 31.7 Å². The van der Waals surface area contributed by atoms with Crippen molar-refractivity contribution in [2.24, 2.45) is 11.8 Å². The van der Waals surface area contributed by atoms with Crippen LogP contribution in [0.2, 0.25) is 0 Å². The first-order chi connectivity index (χ1) is 17.8. The number of amides is 2. The number of carbonyl (C=O) groups excluding carboxylic acids is 2. The van der Waals surface area contributed by atoms with E-state index in [-0.39, 0.29) is 12.1 Å². The highest BCUT2D eigenvalue weighted by Gasteiger charge is 2.68. The topological polar surface area (TPSA) is 105 Å². The van der Waals surface area contributed by atoms with Crippen LogP contribution in [0.15, 0.2) is 72.8 Å². The van der Waals surface area contributed by atoms with Crippen LogP contribution in [0.3, 0.4) is 0 Å². The number of fused-ring (bicyclic) bond motifs is 1. The van der Waals surface area contributed by atoms with Gasteiger partial charge in [0, 0.05) is 12.5 Å². The number of nitrogens with zero attached hydrogens (tertiary/aromatic N) is 1. The zero-order valence-corrected chi connectivity index (χ0v) is 20.2. The van der Waals surface area contributed by atoms with Crippen LogP contribution in [0.4, 0.5) is 10.1 Å². The third-order valence-corrected chi connectivity index (χ3v) is 7.21. The summed E-state index contributed by atoms with van der Waals surface area (Å²) in [4.78, 5) is 41.6. The molecule has 190 valence electrons. The molecule has 0 aliphatic carbocycles. The van der Waals surface area contributed by atoms with Crippen LogP contribution in [0, 0.1) is 17.7 Å². The second-order valence-corrected chi connectivity index (χ2v) is 9.17. The molecule has 2 aliphatic heterocycles. The van der Waals surface area contributed by atoms with Crippen LogP contribution < -0.4 is 19.7 Å². The largest absolute Gasteiger partial charge is 0.493 e. The molecule has 8 nitrogen and oxygen atoms in total. The predicted octanol–water partition coefficient (Wildman–Crippen LogP) is 3.36. The number of methoxy groups -OCH3 is 2. The number of carboxylic acids is 1. The molecule has 0 bridgehead atoms. The average molecular weight is 505 g/mol. The number of ether oxygens (including phenoxy) is 2. The Bertz CT molecular complexity index is 1360. The number of carboxylic acid groups (broad SMARTS) is 1. The Labute approximate surface area is 212 Å². The van der Waals surface area contributed by atoms with Gasteiger partial charge in [-0.25, -0.2) is 9.29 Å². The molecule has 4 atom stereocenters. The fraction of sp³-hybridized carbons (Fsp3) is 0.250. The van der Waals surface area contributed by atoms with Gasteiger partial charge in [0.25, 0.3) is 0 Å². The summed E-state index contributed by atoms with van der Waals surface area (Å²) < 4.78 is 24.3. The summed E-state index contributed by atoms with van der Waals surface area (Å²) in [6, 6.07) is 18.2. The van der Waals surface area contributed by atoms with E-state index in [0.717, 1.165) is 17.0 Å². The Kier molecular flexibility index (Phi) is 6.16. The number of hydrogen-bond donors (Lipinski definition) is 2. The Balaban J connectivity index is 1.66. The highest BCUT2D eigenvalue weighted by Crippen LogP contribution is 2.51. The zero-order chi connectivity index (χ0) is 26.3. The minimum Gasteiger partial charge on any atom is -0.493 e. The number of aliphatic carboxylic acids is 1. The quantitative estimate of drug-likeness (QED) is 0.476. The monoisotopic (exact) mass is 504 g/mol. The van der Waals surface area contributed by atoms with E-state index in [1.54, 1.807) is 42.5 Å². The van der Waals surface area contributed by atoms with Crippen LogP contribution in [-0.2, 0) is 20.8 Å². The summed E-state index contributed by atoms with van der Waals surface area (Å²) in [5.74, 6) is -4.30. The molecule has 2 amide bonds. The average Bonchev–Trinajstić information content (AvgIpc) is 3.38. The fourth-order valence-corrected chi connectivity index (χ4v) is 5.53. The molecular weight excluding hydrogens is 479 g/mol. The molecule has 0 aromatic heterocycles. The molecule has 9 heteroatoms. The smallest absolute Gasteiger partial charge is 0.325 e. The Morgan fingerprint density at radius 2 is 1.65 bits per heavy atom. The zero-order valence-electron chi connectivity index (χ0n) is 20.2. The minimum atomic E-state index is -1.77. The fourth-order valence-electron chi connectivity index (χ4n) is 5.53. The summed E-state index contributed by atoms with van der Waals surface area (Å²) >= 11 is 0. The second kappa shape index (κ2) is 9.33. The van der Waals surface area contributed by atoms with Crippen LogP contribution in [-0.4, -0.2) is 42.6 Å². The van der Waals surface area contributed by atoms with Crippen LogP contribution in [0.1, 0.15) is 17.2 Å². The molecule has 0 unspecified atom stereocenters. The van der Waals surface area contributed by atoms with Gasteiger partial charge in [0.2, 0.25) is 11.8 Å². The number of hydrogen-bond acceptors (Lipinski definition) is 6. The summed E-state index contributed by atoms with van der Waals surface area (Å²) in [5.41, 5.74) is -0.308. The second-order valence-electron chi connectivity index (χ2n) is 9.17. The number of benzene rings is 3. The van der Waals surface area contributed by atoms with Gasteiger partial charge in [0.15, 0.2) is 11.5 Å². The van der Waals surface area contributed by atoms with E-state index in [0.29, 0.717) is 22.6 Å². The molecule has 0 saturated carbocycles. The van der Waals surface area contributed by atoms with Gasteiger partial charge in [-0.05, 0) is 47.5 Å². The molecule has 5 rings (SSSR count). The summed E-state index contributed by atoms with van der Waals surface area (Å²) in [6.07, 6.45) is -0.0234. The number of imide groups is 1. The summed E-state index contributed by atoms with van der Waals surface area (Å²) in [5, 5.41) is 13.8. The van der Waals surface area contributed by atoms with Gasteiger partial charge in [-0.1, -0.05) is 36.4 Å². The van der Waals surface area contributed by atoms with Gasteiger partial charge >= 0.3 is 5.97 Å². The van der Waals surface area contributed by atoms with Gasteiger partial charge in [-0.3, -0.25) is 19.7 Å². The lowest BCUT2D eigenvalue weighted by Crippen LogP contribution is -2.57. The highest BCUT2D eigenvalue weighted by molar-refractivity contribution is 6.24. The molecule has 3 aromatic rings. The van der Waals surface area contributed by atoms with E-state index in [1.807, 2.05) is 6.07 Å².